The Bertz CT molecular complexity index is 262. The molecule has 4 nitrogen and oxygen atoms in total. The van der Waals surface area contributed by atoms with Crippen LogP contribution in [0.4, 0.5) is 0 Å². The molecule has 0 aromatic rings. The fraction of sp³-hybridized carbons (Fsp3) is 0.917. The maximum absolute atomic E-state index is 12.5. The van der Waals surface area contributed by atoms with E-state index in [1.807, 2.05) is 11.8 Å². The summed E-state index contributed by atoms with van der Waals surface area (Å²) in [5.74, 6) is 0.194. The van der Waals surface area contributed by atoms with Crippen LogP contribution in [-0.2, 0) is 9.53 Å². The molecule has 2 fully saturated rings. The summed E-state index contributed by atoms with van der Waals surface area (Å²) in [6.07, 6.45) is 4.72. The third kappa shape index (κ3) is 2.09. The molecule has 2 heterocycles. The Morgan fingerprint density at radius 3 is 2.44 bits per heavy atom. The van der Waals surface area contributed by atoms with Crippen molar-refractivity contribution in [3.63, 3.8) is 0 Å². The third-order valence-electron chi connectivity index (χ3n) is 3.90. The van der Waals surface area contributed by atoms with E-state index in [0.29, 0.717) is 13.2 Å². The van der Waals surface area contributed by atoms with Crippen molar-refractivity contribution in [3.8, 4) is 0 Å². The molecule has 2 atom stereocenters. The Morgan fingerprint density at radius 2 is 1.94 bits per heavy atom. The van der Waals surface area contributed by atoms with Crippen LogP contribution in [0, 0.1) is 5.41 Å². The average Bonchev–Trinajstić information content (AvgIpc) is 2.53. The number of nitrogens with two attached hydrogens (primary N) is 1. The quantitative estimate of drug-likeness (QED) is 0.718. The number of carbonyl (C=O) groups is 1. The molecule has 0 aliphatic carbocycles. The van der Waals surface area contributed by atoms with Gasteiger partial charge in [-0.1, -0.05) is 12.8 Å². The van der Waals surface area contributed by atoms with Crippen molar-refractivity contribution < 1.29 is 9.53 Å². The van der Waals surface area contributed by atoms with Crippen LogP contribution >= 0.6 is 0 Å². The lowest BCUT2D eigenvalue weighted by Gasteiger charge is -2.32. The lowest BCUT2D eigenvalue weighted by Crippen LogP contribution is -2.51. The highest BCUT2D eigenvalue weighted by molar-refractivity contribution is 5.83. The third-order valence-corrected chi connectivity index (χ3v) is 3.90. The molecule has 0 aromatic heterocycles. The molecule has 2 N–H and O–H groups in total. The zero-order valence-electron chi connectivity index (χ0n) is 10.1. The van der Waals surface area contributed by atoms with E-state index in [2.05, 4.69) is 0 Å². The lowest BCUT2D eigenvalue weighted by atomic mass is 9.84. The molecule has 16 heavy (non-hydrogen) atoms. The monoisotopic (exact) mass is 226 g/mol. The van der Waals surface area contributed by atoms with E-state index in [-0.39, 0.29) is 11.9 Å². The van der Waals surface area contributed by atoms with E-state index in [1.54, 1.807) is 0 Å². The van der Waals surface area contributed by atoms with Crippen LogP contribution < -0.4 is 5.73 Å². The summed E-state index contributed by atoms with van der Waals surface area (Å²) >= 11 is 0. The Labute approximate surface area is 97.1 Å². The van der Waals surface area contributed by atoms with E-state index >= 15 is 0 Å². The van der Waals surface area contributed by atoms with Crippen molar-refractivity contribution in [1.82, 2.24) is 4.90 Å². The second-order valence-electron chi connectivity index (χ2n) is 5.25. The second-order valence-corrected chi connectivity index (χ2v) is 5.25. The first-order valence-corrected chi connectivity index (χ1v) is 6.27. The SMILES string of the molecule is CC1(C(=O)N2CCCCCC2)COCC1N. The van der Waals surface area contributed by atoms with E-state index in [4.69, 9.17) is 10.5 Å². The Hall–Kier alpha value is -0.610. The highest BCUT2D eigenvalue weighted by Gasteiger charge is 2.46. The fourth-order valence-corrected chi connectivity index (χ4v) is 2.54. The van der Waals surface area contributed by atoms with Crippen molar-refractivity contribution in [2.24, 2.45) is 11.1 Å². The highest BCUT2D eigenvalue weighted by Crippen LogP contribution is 2.30. The smallest absolute Gasteiger partial charge is 0.232 e. The normalized spacial score (nSPS) is 36.1. The summed E-state index contributed by atoms with van der Waals surface area (Å²) in [5.41, 5.74) is 5.49. The zero-order chi connectivity index (χ0) is 11.6. The van der Waals surface area contributed by atoms with Gasteiger partial charge >= 0.3 is 0 Å². The molecule has 0 aromatic carbocycles. The molecule has 1 amide bonds. The number of likely N-dealkylation sites (tertiary alicyclic amines) is 1. The number of ether oxygens (including phenoxy) is 1. The van der Waals surface area contributed by atoms with Gasteiger partial charge in [-0.3, -0.25) is 4.79 Å². The number of amides is 1. The number of carbonyl (C=O) groups excluding carboxylic acids is 1. The minimum absolute atomic E-state index is 0.150. The van der Waals surface area contributed by atoms with E-state index in [1.165, 1.54) is 12.8 Å². The van der Waals surface area contributed by atoms with Crippen molar-refractivity contribution in [2.75, 3.05) is 26.3 Å². The molecule has 0 spiro atoms. The van der Waals surface area contributed by atoms with Crippen LogP contribution in [-0.4, -0.2) is 43.2 Å². The van der Waals surface area contributed by atoms with Gasteiger partial charge in [0.15, 0.2) is 0 Å². The first-order valence-electron chi connectivity index (χ1n) is 6.27. The maximum atomic E-state index is 12.5. The Morgan fingerprint density at radius 1 is 1.31 bits per heavy atom. The minimum atomic E-state index is -0.496. The predicted octanol–water partition coefficient (Wildman–Crippen LogP) is 0.753. The lowest BCUT2D eigenvalue weighted by molar-refractivity contribution is -0.141. The van der Waals surface area contributed by atoms with Crippen LogP contribution in [0.25, 0.3) is 0 Å². The van der Waals surface area contributed by atoms with Gasteiger partial charge in [0.25, 0.3) is 0 Å². The highest BCUT2D eigenvalue weighted by atomic mass is 16.5. The van der Waals surface area contributed by atoms with E-state index in [0.717, 1.165) is 25.9 Å². The van der Waals surface area contributed by atoms with Gasteiger partial charge in [-0.2, -0.15) is 0 Å². The molecule has 2 rings (SSSR count). The number of rotatable bonds is 1. The number of hydrogen-bond donors (Lipinski definition) is 1. The summed E-state index contributed by atoms with van der Waals surface area (Å²) in [6, 6.07) is -0.150. The topological polar surface area (TPSA) is 55.6 Å². The van der Waals surface area contributed by atoms with Gasteiger partial charge in [0.05, 0.1) is 18.6 Å². The van der Waals surface area contributed by atoms with Gasteiger partial charge in [0, 0.05) is 19.1 Å². The molecule has 2 aliphatic rings. The molecule has 2 aliphatic heterocycles. The molecule has 2 saturated heterocycles. The molecule has 4 heteroatoms. The predicted molar refractivity (Wildman–Crippen MR) is 61.9 cm³/mol. The van der Waals surface area contributed by atoms with Crippen LogP contribution in [0.2, 0.25) is 0 Å². The van der Waals surface area contributed by atoms with Gasteiger partial charge in [-0.05, 0) is 19.8 Å². The van der Waals surface area contributed by atoms with Crippen LogP contribution in [0.5, 0.6) is 0 Å². The number of hydrogen-bond acceptors (Lipinski definition) is 3. The largest absolute Gasteiger partial charge is 0.379 e. The van der Waals surface area contributed by atoms with Crippen LogP contribution in [0.3, 0.4) is 0 Å². The first kappa shape index (κ1) is 11.9. The number of nitrogens with zero attached hydrogens (tertiary/aromatic N) is 1. The standard InChI is InChI=1S/C12H22N2O2/c1-12(9-16-8-10(12)13)11(15)14-6-4-2-3-5-7-14/h10H,2-9,13H2,1H3. The first-order chi connectivity index (χ1) is 7.64. The summed E-state index contributed by atoms with van der Waals surface area (Å²) < 4.78 is 5.34. The van der Waals surface area contributed by atoms with Crippen LogP contribution in [0.15, 0.2) is 0 Å². The van der Waals surface area contributed by atoms with Crippen molar-refractivity contribution >= 4 is 5.91 Å². The summed E-state index contributed by atoms with van der Waals surface area (Å²) in [6.45, 7) is 4.71. The minimum Gasteiger partial charge on any atom is -0.379 e. The van der Waals surface area contributed by atoms with Gasteiger partial charge < -0.3 is 15.4 Å². The summed E-state index contributed by atoms with van der Waals surface area (Å²) in [7, 11) is 0. The maximum Gasteiger partial charge on any atom is 0.232 e. The molecule has 0 radical (unpaired) electrons. The molecular weight excluding hydrogens is 204 g/mol. The van der Waals surface area contributed by atoms with Crippen molar-refractivity contribution in [2.45, 2.75) is 38.6 Å². The summed E-state index contributed by atoms with van der Waals surface area (Å²) in [4.78, 5) is 14.4. The average molecular weight is 226 g/mol. The van der Waals surface area contributed by atoms with Gasteiger partial charge in [0.2, 0.25) is 5.91 Å². The van der Waals surface area contributed by atoms with E-state index < -0.39 is 5.41 Å². The summed E-state index contributed by atoms with van der Waals surface area (Å²) in [5, 5.41) is 0. The molecule has 0 bridgehead atoms. The van der Waals surface area contributed by atoms with E-state index in [9.17, 15) is 4.79 Å². The Balaban J connectivity index is 2.05. The zero-order valence-corrected chi connectivity index (χ0v) is 10.1. The van der Waals surface area contributed by atoms with Gasteiger partial charge in [-0.15, -0.1) is 0 Å². The van der Waals surface area contributed by atoms with Gasteiger partial charge in [0.1, 0.15) is 0 Å². The van der Waals surface area contributed by atoms with Gasteiger partial charge in [-0.25, -0.2) is 0 Å². The second kappa shape index (κ2) is 4.72. The fourth-order valence-electron chi connectivity index (χ4n) is 2.54. The molecule has 92 valence electrons. The molecule has 0 saturated carbocycles. The van der Waals surface area contributed by atoms with Crippen LogP contribution in [0.1, 0.15) is 32.6 Å². The molecular formula is C12H22N2O2. The van der Waals surface area contributed by atoms with Crippen molar-refractivity contribution in [1.29, 1.82) is 0 Å². The van der Waals surface area contributed by atoms with Crippen molar-refractivity contribution in [3.05, 3.63) is 0 Å². The molecule has 2 unspecified atom stereocenters. The Kier molecular flexibility index (Phi) is 3.50.